The Balaban J connectivity index is 1.99. The lowest BCUT2D eigenvalue weighted by atomic mass is 10.1. The summed E-state index contributed by atoms with van der Waals surface area (Å²) in [6, 6.07) is 10.5. The summed E-state index contributed by atoms with van der Waals surface area (Å²) in [7, 11) is 0. The standard InChI is InChI=1S/C17H23N3/c1-12(2)16-11-14(4)19-17(20-16)18-10-9-15-8-6-5-7-13(15)3/h5-8,11-12H,9-10H2,1-4H3,(H,18,19,20). The Morgan fingerprint density at radius 3 is 2.55 bits per heavy atom. The molecule has 1 heterocycles. The van der Waals surface area contributed by atoms with E-state index in [9.17, 15) is 0 Å². The van der Waals surface area contributed by atoms with Crippen LogP contribution in [0.3, 0.4) is 0 Å². The molecule has 0 aliphatic rings. The Bertz CT molecular complexity index is 576. The van der Waals surface area contributed by atoms with E-state index in [-0.39, 0.29) is 0 Å². The fourth-order valence-electron chi connectivity index (χ4n) is 2.17. The predicted molar refractivity (Wildman–Crippen MR) is 84.2 cm³/mol. The van der Waals surface area contributed by atoms with Crippen molar-refractivity contribution < 1.29 is 0 Å². The van der Waals surface area contributed by atoms with Crippen molar-refractivity contribution in [3.63, 3.8) is 0 Å². The molecule has 1 aromatic carbocycles. The van der Waals surface area contributed by atoms with Crippen LogP contribution >= 0.6 is 0 Å². The van der Waals surface area contributed by atoms with E-state index in [1.165, 1.54) is 11.1 Å². The number of hydrogen-bond donors (Lipinski definition) is 1. The summed E-state index contributed by atoms with van der Waals surface area (Å²) < 4.78 is 0. The Labute approximate surface area is 121 Å². The molecular weight excluding hydrogens is 246 g/mol. The molecule has 0 bridgehead atoms. The van der Waals surface area contributed by atoms with Gasteiger partial charge >= 0.3 is 0 Å². The molecular formula is C17H23N3. The van der Waals surface area contributed by atoms with Crippen LogP contribution in [0.15, 0.2) is 30.3 Å². The third kappa shape index (κ3) is 3.80. The van der Waals surface area contributed by atoms with Gasteiger partial charge in [-0.15, -0.1) is 0 Å². The molecule has 0 aliphatic heterocycles. The molecule has 0 saturated carbocycles. The van der Waals surface area contributed by atoms with Gasteiger partial charge in [-0.1, -0.05) is 38.1 Å². The van der Waals surface area contributed by atoms with Crippen molar-refractivity contribution in [1.82, 2.24) is 9.97 Å². The molecule has 0 amide bonds. The third-order valence-corrected chi connectivity index (χ3v) is 3.40. The van der Waals surface area contributed by atoms with Gasteiger partial charge in [0.2, 0.25) is 5.95 Å². The zero-order valence-corrected chi connectivity index (χ0v) is 12.8. The Morgan fingerprint density at radius 2 is 1.85 bits per heavy atom. The monoisotopic (exact) mass is 269 g/mol. The molecule has 2 rings (SSSR count). The SMILES string of the molecule is Cc1cc(C(C)C)nc(NCCc2ccccc2C)n1. The molecule has 1 aromatic heterocycles. The van der Waals surface area contributed by atoms with Crippen LogP contribution in [0.2, 0.25) is 0 Å². The van der Waals surface area contributed by atoms with Gasteiger partial charge in [0.15, 0.2) is 0 Å². The maximum absolute atomic E-state index is 4.56. The molecule has 3 heteroatoms. The first kappa shape index (κ1) is 14.5. The molecule has 3 nitrogen and oxygen atoms in total. The number of nitrogens with zero attached hydrogens (tertiary/aromatic N) is 2. The summed E-state index contributed by atoms with van der Waals surface area (Å²) in [5, 5.41) is 3.33. The summed E-state index contributed by atoms with van der Waals surface area (Å²) in [5.41, 5.74) is 4.82. The maximum Gasteiger partial charge on any atom is 0.223 e. The third-order valence-electron chi connectivity index (χ3n) is 3.40. The van der Waals surface area contributed by atoms with Crippen molar-refractivity contribution >= 4 is 5.95 Å². The molecule has 0 aliphatic carbocycles. The van der Waals surface area contributed by atoms with Gasteiger partial charge in [-0.25, -0.2) is 9.97 Å². The predicted octanol–water partition coefficient (Wildman–Crippen LogP) is 3.87. The first-order chi connectivity index (χ1) is 9.56. The molecule has 0 unspecified atom stereocenters. The van der Waals surface area contributed by atoms with Crippen molar-refractivity contribution in [2.45, 2.75) is 40.0 Å². The van der Waals surface area contributed by atoms with Crippen LogP contribution < -0.4 is 5.32 Å². The van der Waals surface area contributed by atoms with Gasteiger partial charge in [-0.3, -0.25) is 0 Å². The number of anilines is 1. The topological polar surface area (TPSA) is 37.8 Å². The molecule has 0 atom stereocenters. The highest BCUT2D eigenvalue weighted by Crippen LogP contribution is 2.14. The van der Waals surface area contributed by atoms with Crippen molar-refractivity contribution in [3.05, 3.63) is 52.8 Å². The smallest absolute Gasteiger partial charge is 0.223 e. The van der Waals surface area contributed by atoms with E-state index < -0.39 is 0 Å². The minimum Gasteiger partial charge on any atom is -0.354 e. The highest BCUT2D eigenvalue weighted by atomic mass is 15.1. The minimum absolute atomic E-state index is 0.425. The fourth-order valence-corrected chi connectivity index (χ4v) is 2.17. The second kappa shape index (κ2) is 6.51. The normalized spacial score (nSPS) is 10.8. The molecule has 0 saturated heterocycles. The van der Waals surface area contributed by atoms with Gasteiger partial charge < -0.3 is 5.32 Å². The van der Waals surface area contributed by atoms with E-state index in [0.29, 0.717) is 5.92 Å². The lowest BCUT2D eigenvalue weighted by molar-refractivity contribution is 0.807. The van der Waals surface area contributed by atoms with E-state index in [0.717, 1.165) is 30.3 Å². The molecule has 1 N–H and O–H groups in total. The van der Waals surface area contributed by atoms with Gasteiger partial charge in [-0.2, -0.15) is 0 Å². The van der Waals surface area contributed by atoms with Crippen LogP contribution in [-0.2, 0) is 6.42 Å². The quantitative estimate of drug-likeness (QED) is 0.895. The lowest BCUT2D eigenvalue weighted by Crippen LogP contribution is -2.10. The molecule has 0 fully saturated rings. The zero-order chi connectivity index (χ0) is 14.5. The summed E-state index contributed by atoms with van der Waals surface area (Å²) in [6.07, 6.45) is 0.987. The van der Waals surface area contributed by atoms with Gasteiger partial charge in [-0.05, 0) is 43.4 Å². The summed E-state index contributed by atoms with van der Waals surface area (Å²) in [5.74, 6) is 1.16. The average Bonchev–Trinajstić information content (AvgIpc) is 2.40. The van der Waals surface area contributed by atoms with Crippen LogP contribution in [-0.4, -0.2) is 16.5 Å². The Hall–Kier alpha value is -1.90. The van der Waals surface area contributed by atoms with Crippen molar-refractivity contribution in [2.75, 3.05) is 11.9 Å². The van der Waals surface area contributed by atoms with E-state index in [1.807, 2.05) is 6.92 Å². The summed E-state index contributed by atoms with van der Waals surface area (Å²) in [6.45, 7) is 9.32. The van der Waals surface area contributed by atoms with E-state index in [4.69, 9.17) is 0 Å². The zero-order valence-electron chi connectivity index (χ0n) is 12.8. The number of aromatic nitrogens is 2. The second-order valence-corrected chi connectivity index (χ2v) is 5.52. The lowest BCUT2D eigenvalue weighted by Gasteiger charge is -2.10. The minimum atomic E-state index is 0.425. The molecule has 106 valence electrons. The van der Waals surface area contributed by atoms with Crippen LogP contribution in [0.1, 0.15) is 42.3 Å². The van der Waals surface area contributed by atoms with Gasteiger partial charge in [0.05, 0.1) is 0 Å². The Kier molecular flexibility index (Phi) is 4.72. The summed E-state index contributed by atoms with van der Waals surface area (Å²) in [4.78, 5) is 9.01. The van der Waals surface area contributed by atoms with Gasteiger partial charge in [0, 0.05) is 17.9 Å². The number of aryl methyl sites for hydroxylation is 2. The number of hydrogen-bond acceptors (Lipinski definition) is 3. The molecule has 0 radical (unpaired) electrons. The first-order valence-corrected chi connectivity index (χ1v) is 7.20. The highest BCUT2D eigenvalue weighted by Gasteiger charge is 2.05. The van der Waals surface area contributed by atoms with Crippen molar-refractivity contribution in [2.24, 2.45) is 0 Å². The molecule has 0 spiro atoms. The Morgan fingerprint density at radius 1 is 1.10 bits per heavy atom. The average molecular weight is 269 g/mol. The number of nitrogens with one attached hydrogen (secondary N) is 1. The molecule has 2 aromatic rings. The van der Waals surface area contributed by atoms with Crippen molar-refractivity contribution in [1.29, 1.82) is 0 Å². The van der Waals surface area contributed by atoms with Gasteiger partial charge in [0.1, 0.15) is 0 Å². The van der Waals surface area contributed by atoms with Crippen molar-refractivity contribution in [3.8, 4) is 0 Å². The van der Waals surface area contributed by atoms with E-state index in [1.54, 1.807) is 0 Å². The molecule has 20 heavy (non-hydrogen) atoms. The highest BCUT2D eigenvalue weighted by molar-refractivity contribution is 5.31. The second-order valence-electron chi connectivity index (χ2n) is 5.52. The first-order valence-electron chi connectivity index (χ1n) is 7.20. The van der Waals surface area contributed by atoms with Crippen LogP contribution in [0.25, 0.3) is 0 Å². The largest absolute Gasteiger partial charge is 0.354 e. The van der Waals surface area contributed by atoms with Crippen LogP contribution in [0.4, 0.5) is 5.95 Å². The van der Waals surface area contributed by atoms with Gasteiger partial charge in [0.25, 0.3) is 0 Å². The number of benzene rings is 1. The van der Waals surface area contributed by atoms with E-state index >= 15 is 0 Å². The van der Waals surface area contributed by atoms with Crippen LogP contribution in [0, 0.1) is 13.8 Å². The number of rotatable bonds is 5. The van der Waals surface area contributed by atoms with Crippen LogP contribution in [0.5, 0.6) is 0 Å². The van der Waals surface area contributed by atoms with E-state index in [2.05, 4.69) is 66.4 Å². The summed E-state index contributed by atoms with van der Waals surface area (Å²) >= 11 is 0. The maximum atomic E-state index is 4.56. The fraction of sp³-hybridized carbons (Fsp3) is 0.412.